The molecule has 254 valence electrons. The maximum Gasteiger partial charge on any atom is 0.335 e. The summed E-state index contributed by atoms with van der Waals surface area (Å²) in [6.45, 7) is 6.55. The van der Waals surface area contributed by atoms with Crippen molar-refractivity contribution in [3.05, 3.63) is 34.4 Å². The van der Waals surface area contributed by atoms with Gasteiger partial charge >= 0.3 is 17.6 Å². The molecule has 13 atom stereocenters. The van der Waals surface area contributed by atoms with Crippen LogP contribution in [0.3, 0.4) is 0 Å². The molecular formula is C35H48O11. The summed E-state index contributed by atoms with van der Waals surface area (Å²) >= 11 is 0. The Balaban J connectivity index is 1.19. The van der Waals surface area contributed by atoms with Crippen LogP contribution in [0.5, 0.6) is 0 Å². The minimum absolute atomic E-state index is 0.00225. The van der Waals surface area contributed by atoms with Gasteiger partial charge in [-0.3, -0.25) is 9.59 Å². The number of fused-ring (bicyclic) bond motifs is 5. The van der Waals surface area contributed by atoms with E-state index in [1.54, 1.807) is 13.2 Å². The monoisotopic (exact) mass is 644 g/mol. The van der Waals surface area contributed by atoms with Crippen molar-refractivity contribution in [1.82, 2.24) is 0 Å². The molecule has 5 aliphatic rings. The highest BCUT2D eigenvalue weighted by Crippen LogP contribution is 2.70. The van der Waals surface area contributed by atoms with Crippen LogP contribution in [-0.4, -0.2) is 72.9 Å². The van der Waals surface area contributed by atoms with E-state index in [0.717, 1.165) is 37.7 Å². The summed E-state index contributed by atoms with van der Waals surface area (Å²) < 4.78 is 34.7. The zero-order valence-corrected chi connectivity index (χ0v) is 27.5. The molecule has 4 saturated carbocycles. The molecule has 46 heavy (non-hydrogen) atoms. The zero-order valence-electron chi connectivity index (χ0n) is 27.5. The molecular weight excluding hydrogens is 596 g/mol. The van der Waals surface area contributed by atoms with Crippen LogP contribution in [0, 0.1) is 28.6 Å². The van der Waals surface area contributed by atoms with Gasteiger partial charge in [0.1, 0.15) is 12.4 Å². The summed E-state index contributed by atoms with van der Waals surface area (Å²) in [5.74, 6) is -0.795. The Labute approximate surface area is 269 Å². The largest absolute Gasteiger partial charge is 0.457 e. The summed E-state index contributed by atoms with van der Waals surface area (Å²) in [7, 11) is 1.47. The van der Waals surface area contributed by atoms with E-state index in [2.05, 4.69) is 6.92 Å². The predicted octanol–water partition coefficient (Wildman–Crippen LogP) is 4.07. The zero-order chi connectivity index (χ0) is 33.0. The van der Waals surface area contributed by atoms with Gasteiger partial charge in [0.2, 0.25) is 0 Å². The molecule has 0 spiro atoms. The van der Waals surface area contributed by atoms with Crippen molar-refractivity contribution in [2.75, 3.05) is 7.11 Å². The van der Waals surface area contributed by atoms with Crippen molar-refractivity contribution in [1.29, 1.82) is 0 Å². The Kier molecular flexibility index (Phi) is 9.01. The summed E-state index contributed by atoms with van der Waals surface area (Å²) in [6, 6.07) is 3.29. The molecule has 1 aromatic rings. The quantitative estimate of drug-likeness (QED) is 0.260. The lowest BCUT2D eigenvalue weighted by Crippen LogP contribution is -2.63. The molecule has 11 nitrogen and oxygen atoms in total. The molecule has 0 radical (unpaired) electrons. The molecule has 1 N–H and O–H groups in total. The SMILES string of the molecule is CO[C@@H]1[C@H](OC(C)=O)[C@H](O[C@H]2CC[C@]3(C=O)[C@@H](CC[C@H]4[C@@H]3CC[C@@]3(C)[C@H](c5ccc(=O)oc5)CC[C@]43O)C2)O[C@H](C)[C@H]1OC(C)=O. The molecule has 5 fully saturated rings. The Bertz CT molecular complexity index is 1360. The fourth-order valence-corrected chi connectivity index (χ4v) is 10.5. The van der Waals surface area contributed by atoms with Crippen LogP contribution in [0.1, 0.15) is 97.0 Å². The van der Waals surface area contributed by atoms with Crippen LogP contribution >= 0.6 is 0 Å². The molecule has 0 aromatic carbocycles. The number of esters is 2. The average Bonchev–Trinajstić information content (AvgIpc) is 3.30. The van der Waals surface area contributed by atoms with Crippen LogP contribution in [0.15, 0.2) is 27.6 Å². The fourth-order valence-electron chi connectivity index (χ4n) is 10.5. The van der Waals surface area contributed by atoms with Crippen molar-refractivity contribution in [2.24, 2.45) is 28.6 Å². The lowest BCUT2D eigenvalue weighted by atomic mass is 9.43. The third-order valence-corrected chi connectivity index (χ3v) is 12.6. The third kappa shape index (κ3) is 5.35. The van der Waals surface area contributed by atoms with E-state index >= 15 is 0 Å². The minimum Gasteiger partial charge on any atom is -0.457 e. The van der Waals surface area contributed by atoms with E-state index in [-0.39, 0.29) is 40.8 Å². The Morgan fingerprint density at radius 2 is 1.70 bits per heavy atom. The highest BCUT2D eigenvalue weighted by molar-refractivity contribution is 5.67. The maximum atomic E-state index is 13.2. The Morgan fingerprint density at radius 1 is 0.957 bits per heavy atom. The second-order valence-electron chi connectivity index (χ2n) is 14.7. The first-order valence-corrected chi connectivity index (χ1v) is 16.8. The van der Waals surface area contributed by atoms with Gasteiger partial charge in [-0.1, -0.05) is 6.92 Å². The number of carbonyl (C=O) groups is 3. The van der Waals surface area contributed by atoms with Crippen LogP contribution < -0.4 is 5.63 Å². The van der Waals surface area contributed by atoms with Gasteiger partial charge in [-0.05, 0) is 100 Å². The highest BCUT2D eigenvalue weighted by Gasteiger charge is 2.68. The molecule has 1 saturated heterocycles. The lowest BCUT2D eigenvalue weighted by Gasteiger charge is -2.63. The average molecular weight is 645 g/mol. The van der Waals surface area contributed by atoms with E-state index in [0.29, 0.717) is 25.7 Å². The lowest BCUT2D eigenvalue weighted by molar-refractivity contribution is -0.316. The number of aldehydes is 1. The van der Waals surface area contributed by atoms with Crippen LogP contribution in [0.2, 0.25) is 0 Å². The molecule has 0 unspecified atom stereocenters. The first kappa shape index (κ1) is 33.3. The molecule has 0 bridgehead atoms. The van der Waals surface area contributed by atoms with Gasteiger partial charge < -0.3 is 38.0 Å². The Morgan fingerprint density at radius 3 is 2.35 bits per heavy atom. The number of hydrogen-bond donors (Lipinski definition) is 1. The highest BCUT2D eigenvalue weighted by atomic mass is 16.7. The number of aliphatic hydroxyl groups is 1. The molecule has 6 rings (SSSR count). The summed E-state index contributed by atoms with van der Waals surface area (Å²) in [6.07, 6.45) is 5.09. The van der Waals surface area contributed by atoms with Gasteiger partial charge in [0, 0.05) is 37.9 Å². The number of carbonyl (C=O) groups excluding carboxylic acids is 3. The molecule has 1 aromatic heterocycles. The van der Waals surface area contributed by atoms with E-state index in [4.69, 9.17) is 28.1 Å². The van der Waals surface area contributed by atoms with Crippen LogP contribution in [0.25, 0.3) is 0 Å². The van der Waals surface area contributed by atoms with Gasteiger partial charge in [0.25, 0.3) is 0 Å². The van der Waals surface area contributed by atoms with Gasteiger partial charge in [-0.2, -0.15) is 0 Å². The molecule has 11 heteroatoms. The normalized spacial score (nSPS) is 45.1. The van der Waals surface area contributed by atoms with Crippen molar-refractivity contribution in [3.63, 3.8) is 0 Å². The van der Waals surface area contributed by atoms with Gasteiger partial charge in [0.05, 0.1) is 24.1 Å². The standard InChI is InChI=1S/C35H48O11/c1-19-29(44-20(2)37)30(41-5)31(45-21(3)38)32(43-19)46-24-10-14-34(18-36)23(16-24)7-8-27-26(34)11-13-33(4)25(12-15-35(27,33)40)22-6-9-28(39)42-17-22/h6,9,17-19,23-27,29-32,40H,7-8,10-16H2,1-5H3/t19-,23+,24+,25+,26+,27+,29-,30+,31+,32+,33+,34+,35+/m1/s1. The smallest absolute Gasteiger partial charge is 0.335 e. The molecule has 1 aliphatic heterocycles. The summed E-state index contributed by atoms with van der Waals surface area (Å²) in [5, 5.41) is 12.5. The van der Waals surface area contributed by atoms with Crippen molar-refractivity contribution >= 4 is 18.2 Å². The number of ether oxygens (including phenoxy) is 5. The second kappa shape index (κ2) is 12.5. The van der Waals surface area contributed by atoms with Crippen molar-refractivity contribution < 1.29 is 47.6 Å². The second-order valence-corrected chi connectivity index (χ2v) is 14.7. The number of rotatable bonds is 7. The maximum absolute atomic E-state index is 13.2. The van der Waals surface area contributed by atoms with Gasteiger partial charge in [-0.15, -0.1) is 0 Å². The number of methoxy groups -OCH3 is 1. The van der Waals surface area contributed by atoms with Crippen LogP contribution in [-0.2, 0) is 38.1 Å². The molecule has 0 amide bonds. The van der Waals surface area contributed by atoms with Gasteiger partial charge in [-0.25, -0.2) is 4.79 Å². The fraction of sp³-hybridized carbons (Fsp3) is 0.771. The predicted molar refractivity (Wildman–Crippen MR) is 162 cm³/mol. The first-order chi connectivity index (χ1) is 21.9. The minimum atomic E-state index is -0.949. The third-order valence-electron chi connectivity index (χ3n) is 12.6. The molecule has 4 aliphatic carbocycles. The van der Waals surface area contributed by atoms with E-state index in [9.17, 15) is 24.3 Å². The van der Waals surface area contributed by atoms with Crippen molar-refractivity contribution in [2.45, 2.75) is 134 Å². The Hall–Kier alpha value is -2.60. The number of hydrogen-bond acceptors (Lipinski definition) is 11. The van der Waals surface area contributed by atoms with Crippen molar-refractivity contribution in [3.8, 4) is 0 Å². The first-order valence-electron chi connectivity index (χ1n) is 16.8. The summed E-state index contributed by atoms with van der Waals surface area (Å²) in [4.78, 5) is 48.7. The van der Waals surface area contributed by atoms with Crippen LogP contribution in [0.4, 0.5) is 0 Å². The topological polar surface area (TPSA) is 148 Å². The summed E-state index contributed by atoms with van der Waals surface area (Å²) in [5.41, 5.74) is -1.28. The molecule has 2 heterocycles. The van der Waals surface area contributed by atoms with Gasteiger partial charge in [0.15, 0.2) is 18.5 Å². The van der Waals surface area contributed by atoms with E-state index < -0.39 is 53.7 Å². The van der Waals surface area contributed by atoms with E-state index in [1.165, 1.54) is 33.3 Å². The van der Waals surface area contributed by atoms with E-state index in [1.807, 2.05) is 6.07 Å².